The van der Waals surface area contributed by atoms with Crippen molar-refractivity contribution >= 4 is 12.3 Å². The first-order chi connectivity index (χ1) is 23.8. The van der Waals surface area contributed by atoms with Crippen molar-refractivity contribution in [2.75, 3.05) is 20.3 Å². The molecule has 0 bridgehead atoms. The number of hydrogen-bond acceptors (Lipinski definition) is 14. The van der Waals surface area contributed by atoms with Crippen LogP contribution < -0.4 is 0 Å². The highest BCUT2D eigenvalue weighted by Crippen LogP contribution is 2.69. The Balaban J connectivity index is 1.01. The maximum Gasteiger partial charge on any atom is 0.331 e. The van der Waals surface area contributed by atoms with Gasteiger partial charge in [0.1, 0.15) is 55.6 Å². The van der Waals surface area contributed by atoms with Gasteiger partial charge >= 0.3 is 5.97 Å². The molecule has 0 amide bonds. The van der Waals surface area contributed by atoms with Gasteiger partial charge in [0.15, 0.2) is 12.6 Å². The van der Waals surface area contributed by atoms with E-state index in [9.17, 15) is 40.2 Å². The highest BCUT2D eigenvalue weighted by Gasteiger charge is 2.69. The lowest BCUT2D eigenvalue weighted by atomic mass is 9.43. The average Bonchev–Trinajstić information content (AvgIpc) is 3.65. The van der Waals surface area contributed by atoms with Crippen LogP contribution in [0.5, 0.6) is 0 Å². The van der Waals surface area contributed by atoms with Gasteiger partial charge in [-0.25, -0.2) is 4.79 Å². The summed E-state index contributed by atoms with van der Waals surface area (Å²) in [5, 5.41) is 64.3. The Labute approximate surface area is 292 Å². The monoisotopic (exact) mass is 710 g/mol. The van der Waals surface area contributed by atoms with Crippen LogP contribution in [0.3, 0.4) is 0 Å². The van der Waals surface area contributed by atoms with Crippen molar-refractivity contribution in [3.05, 3.63) is 11.6 Å². The lowest BCUT2D eigenvalue weighted by molar-refractivity contribution is -0.362. The molecule has 4 saturated carbocycles. The molecule has 18 atom stereocenters. The van der Waals surface area contributed by atoms with Crippen LogP contribution in [0, 0.1) is 34.5 Å². The Hall–Kier alpha value is -1.56. The van der Waals surface area contributed by atoms with E-state index in [1.54, 1.807) is 13.0 Å². The minimum atomic E-state index is -1.63. The fourth-order valence-electron chi connectivity index (χ4n) is 11.5. The van der Waals surface area contributed by atoms with E-state index in [2.05, 4.69) is 6.92 Å². The highest BCUT2D eigenvalue weighted by molar-refractivity contribution is 5.85. The van der Waals surface area contributed by atoms with Crippen molar-refractivity contribution < 1.29 is 68.6 Å². The predicted molar refractivity (Wildman–Crippen MR) is 171 cm³/mol. The summed E-state index contributed by atoms with van der Waals surface area (Å²) in [7, 11) is 1.40. The number of ether oxygens (including phenoxy) is 6. The second-order valence-corrected chi connectivity index (χ2v) is 16.2. The minimum Gasteiger partial charge on any atom is -0.458 e. The van der Waals surface area contributed by atoms with Crippen molar-refractivity contribution in [3.63, 3.8) is 0 Å². The normalized spacial score (nSPS) is 53.5. The quantitative estimate of drug-likeness (QED) is 0.112. The third kappa shape index (κ3) is 5.64. The summed E-state index contributed by atoms with van der Waals surface area (Å²) in [5.41, 5.74) is -0.922. The number of cyclic esters (lactones) is 1. The Bertz CT molecular complexity index is 1310. The molecule has 0 radical (unpaired) electrons. The maximum absolute atomic E-state index is 13.2. The van der Waals surface area contributed by atoms with E-state index >= 15 is 0 Å². The summed E-state index contributed by atoms with van der Waals surface area (Å²) in [4.78, 5) is 25.1. The van der Waals surface area contributed by atoms with Gasteiger partial charge < -0.3 is 63.9 Å². The van der Waals surface area contributed by atoms with Crippen LogP contribution in [0.2, 0.25) is 0 Å². The standard InChI is InChI=1S/C36H54O14/c1-17-30(50-32-28(42)27(41)26(40)24(14-37)49-32)31(45-3)29(43)33(47-17)48-20-6-10-35(16-38)19(13-20)4-5-23-22(35)7-9-34(2)21(8-11-36(23,34)44)18-12-25(39)46-15-18/h12,16-17,19-24,26-33,37,40-44H,4-11,13-15H2,1-3H3/t17-,19+,20+,21-,22?,23?,24-,26-,27+,28-,29-,30+,31-,32+,33+,34-,35-,36+/m1/s1. The van der Waals surface area contributed by atoms with Gasteiger partial charge in [-0.15, -0.1) is 0 Å². The molecule has 2 saturated heterocycles. The van der Waals surface area contributed by atoms with Gasteiger partial charge in [0, 0.05) is 24.0 Å². The van der Waals surface area contributed by atoms with E-state index in [-0.39, 0.29) is 35.7 Å². The Morgan fingerprint density at radius 1 is 0.900 bits per heavy atom. The molecule has 0 spiro atoms. The Morgan fingerprint density at radius 2 is 1.66 bits per heavy atom. The molecule has 6 N–H and O–H groups in total. The molecule has 7 aliphatic rings. The molecule has 7 rings (SSSR count). The van der Waals surface area contributed by atoms with Gasteiger partial charge in [-0.05, 0) is 94.0 Å². The molecular formula is C36H54O14. The van der Waals surface area contributed by atoms with Crippen LogP contribution in [0.1, 0.15) is 71.6 Å². The number of carbonyl (C=O) groups excluding carboxylic acids is 2. The molecule has 0 aromatic heterocycles. The van der Waals surface area contributed by atoms with E-state index in [1.165, 1.54) is 7.11 Å². The molecule has 0 aromatic rings. The van der Waals surface area contributed by atoms with Crippen molar-refractivity contribution in [2.24, 2.45) is 34.5 Å². The van der Waals surface area contributed by atoms with Crippen LogP contribution >= 0.6 is 0 Å². The summed E-state index contributed by atoms with van der Waals surface area (Å²) in [6.07, 6.45) is -3.53. The zero-order valence-electron chi connectivity index (χ0n) is 29.0. The zero-order valence-corrected chi connectivity index (χ0v) is 29.0. The van der Waals surface area contributed by atoms with Crippen molar-refractivity contribution in [2.45, 2.75) is 145 Å². The first-order valence-corrected chi connectivity index (χ1v) is 18.4. The van der Waals surface area contributed by atoms with E-state index < -0.39 is 84.4 Å². The third-order valence-electron chi connectivity index (χ3n) is 14.2. The number of aliphatic hydroxyl groups is 6. The van der Waals surface area contributed by atoms with Crippen LogP contribution in [0.4, 0.5) is 0 Å². The second-order valence-electron chi connectivity index (χ2n) is 16.2. The lowest BCUT2D eigenvalue weighted by Gasteiger charge is -2.63. The highest BCUT2D eigenvalue weighted by atomic mass is 16.7. The molecule has 50 heavy (non-hydrogen) atoms. The first kappa shape index (κ1) is 36.8. The summed E-state index contributed by atoms with van der Waals surface area (Å²) >= 11 is 0. The van der Waals surface area contributed by atoms with E-state index in [0.717, 1.165) is 44.0 Å². The van der Waals surface area contributed by atoms with Gasteiger partial charge in [0.2, 0.25) is 0 Å². The van der Waals surface area contributed by atoms with E-state index in [0.29, 0.717) is 32.3 Å². The molecule has 3 heterocycles. The SMILES string of the molecule is CO[C@@H]1[C@@H](O)[C@H](O[C@H]2CC[C@]3(C=O)C4CC[C@]5(C)[C@@H](C6=CC(=O)OC6)CC[C@]5(O)C4CC[C@H]3C2)O[C@H](C)[C@@H]1O[C@@H]1O[C@H](CO)[C@@H](O)[C@H](O)[C@H]1O. The van der Waals surface area contributed by atoms with E-state index in [4.69, 9.17) is 28.4 Å². The Kier molecular flexibility index (Phi) is 10.1. The molecule has 14 heteroatoms. The number of aldehydes is 1. The van der Waals surface area contributed by atoms with Crippen LogP contribution in [-0.4, -0.2) is 136 Å². The Morgan fingerprint density at radius 3 is 2.34 bits per heavy atom. The largest absolute Gasteiger partial charge is 0.458 e. The zero-order chi connectivity index (χ0) is 35.7. The predicted octanol–water partition coefficient (Wildman–Crippen LogP) is 0.113. The average molecular weight is 711 g/mol. The summed E-state index contributed by atoms with van der Waals surface area (Å²) in [6.45, 7) is 3.55. The van der Waals surface area contributed by atoms with Gasteiger partial charge in [0.05, 0.1) is 24.4 Å². The van der Waals surface area contributed by atoms with Crippen LogP contribution in [0.25, 0.3) is 0 Å². The molecule has 2 unspecified atom stereocenters. The van der Waals surface area contributed by atoms with Crippen molar-refractivity contribution in [1.29, 1.82) is 0 Å². The lowest BCUT2D eigenvalue weighted by Crippen LogP contribution is -2.65. The topological polar surface area (TPSA) is 211 Å². The fourth-order valence-corrected chi connectivity index (χ4v) is 11.5. The van der Waals surface area contributed by atoms with Crippen LogP contribution in [0.15, 0.2) is 11.6 Å². The number of aliphatic hydroxyl groups excluding tert-OH is 5. The summed E-state index contributed by atoms with van der Waals surface area (Å²) in [6, 6.07) is 0. The molecule has 0 aromatic carbocycles. The minimum absolute atomic E-state index is 0.0174. The summed E-state index contributed by atoms with van der Waals surface area (Å²) in [5.74, 6) is -0.159. The molecule has 14 nitrogen and oxygen atoms in total. The number of rotatable bonds is 8. The van der Waals surface area contributed by atoms with Gasteiger partial charge in [-0.1, -0.05) is 6.92 Å². The molecule has 3 aliphatic heterocycles. The van der Waals surface area contributed by atoms with E-state index in [1.807, 2.05) is 0 Å². The second kappa shape index (κ2) is 13.7. The molecule has 6 fully saturated rings. The molecule has 282 valence electrons. The number of fused-ring (bicyclic) bond motifs is 5. The van der Waals surface area contributed by atoms with Gasteiger partial charge in [0.25, 0.3) is 0 Å². The molecule has 4 aliphatic carbocycles. The van der Waals surface area contributed by atoms with Crippen molar-refractivity contribution in [1.82, 2.24) is 0 Å². The first-order valence-electron chi connectivity index (χ1n) is 18.4. The fraction of sp³-hybridized carbons (Fsp3) is 0.889. The number of esters is 1. The van der Waals surface area contributed by atoms with Crippen molar-refractivity contribution in [3.8, 4) is 0 Å². The third-order valence-corrected chi connectivity index (χ3v) is 14.2. The number of carbonyl (C=O) groups is 2. The molecular weight excluding hydrogens is 656 g/mol. The number of hydrogen-bond donors (Lipinski definition) is 6. The summed E-state index contributed by atoms with van der Waals surface area (Å²) < 4.78 is 34.9. The van der Waals surface area contributed by atoms with Gasteiger partial charge in [-0.2, -0.15) is 0 Å². The number of methoxy groups -OCH3 is 1. The van der Waals surface area contributed by atoms with Crippen LogP contribution in [-0.2, 0) is 38.0 Å². The smallest absolute Gasteiger partial charge is 0.331 e. The van der Waals surface area contributed by atoms with Gasteiger partial charge in [-0.3, -0.25) is 0 Å². The maximum atomic E-state index is 13.2.